The number of ether oxygens (including phenoxy) is 2. The summed E-state index contributed by atoms with van der Waals surface area (Å²) in [5, 5.41) is 0. The summed E-state index contributed by atoms with van der Waals surface area (Å²) in [5.41, 5.74) is 2.78. The lowest BCUT2D eigenvalue weighted by molar-refractivity contribution is -0.0652. The van der Waals surface area contributed by atoms with E-state index in [-0.39, 0.29) is 24.1 Å². The molecule has 1 aromatic carbocycles. The number of morpholine rings is 1. The summed E-state index contributed by atoms with van der Waals surface area (Å²) in [4.78, 5) is 14.9. The molecule has 1 fully saturated rings. The van der Waals surface area contributed by atoms with Crippen molar-refractivity contribution in [3.8, 4) is 5.75 Å². The van der Waals surface area contributed by atoms with Crippen LogP contribution in [0.15, 0.2) is 12.1 Å². The lowest BCUT2D eigenvalue weighted by Gasteiger charge is -2.34. The van der Waals surface area contributed by atoms with Crippen LogP contribution in [0.2, 0.25) is 0 Å². The van der Waals surface area contributed by atoms with Crippen LogP contribution in [0.1, 0.15) is 49.2 Å². The standard InChI is InChI=1S/C19H29NO3/c1-12(2)22-19-8-13(3)17(7-14(19)4)18(21)11-20-9-15(5)23-16(6)10-20/h7-8,12,15-16H,9-11H2,1-6H3. The molecule has 2 unspecified atom stereocenters. The van der Waals surface area contributed by atoms with Gasteiger partial charge < -0.3 is 9.47 Å². The quantitative estimate of drug-likeness (QED) is 0.780. The fourth-order valence-corrected chi connectivity index (χ4v) is 3.17. The van der Waals surface area contributed by atoms with E-state index >= 15 is 0 Å². The van der Waals surface area contributed by atoms with Gasteiger partial charge in [-0.2, -0.15) is 0 Å². The van der Waals surface area contributed by atoms with E-state index in [2.05, 4.69) is 18.7 Å². The Morgan fingerprint density at radius 2 is 1.83 bits per heavy atom. The number of Topliss-reactive ketones (excluding diaryl/α,β-unsaturated/α-hetero) is 1. The molecule has 2 rings (SSSR count). The van der Waals surface area contributed by atoms with Crippen molar-refractivity contribution >= 4 is 5.78 Å². The number of aryl methyl sites for hydroxylation is 2. The van der Waals surface area contributed by atoms with E-state index in [9.17, 15) is 4.79 Å². The van der Waals surface area contributed by atoms with Crippen molar-refractivity contribution in [2.45, 2.75) is 59.9 Å². The Morgan fingerprint density at radius 3 is 2.39 bits per heavy atom. The molecule has 0 bridgehead atoms. The van der Waals surface area contributed by atoms with Crippen molar-refractivity contribution in [2.75, 3.05) is 19.6 Å². The third-order valence-corrected chi connectivity index (χ3v) is 4.05. The van der Waals surface area contributed by atoms with E-state index in [1.54, 1.807) is 0 Å². The third kappa shape index (κ3) is 4.79. The maximum Gasteiger partial charge on any atom is 0.177 e. The molecule has 1 aromatic rings. The highest BCUT2D eigenvalue weighted by molar-refractivity contribution is 5.99. The predicted molar refractivity (Wildman–Crippen MR) is 92.5 cm³/mol. The smallest absolute Gasteiger partial charge is 0.177 e. The van der Waals surface area contributed by atoms with Gasteiger partial charge in [-0.25, -0.2) is 0 Å². The highest BCUT2D eigenvalue weighted by Crippen LogP contribution is 2.24. The first-order valence-electron chi connectivity index (χ1n) is 8.45. The average molecular weight is 319 g/mol. The second kappa shape index (κ2) is 7.45. The van der Waals surface area contributed by atoms with Gasteiger partial charge in [-0.15, -0.1) is 0 Å². The number of hydrogen-bond acceptors (Lipinski definition) is 4. The molecule has 0 aliphatic carbocycles. The van der Waals surface area contributed by atoms with Gasteiger partial charge in [-0.05, 0) is 64.8 Å². The molecule has 0 spiro atoms. The van der Waals surface area contributed by atoms with Crippen molar-refractivity contribution in [1.82, 2.24) is 4.90 Å². The molecule has 0 radical (unpaired) electrons. The van der Waals surface area contributed by atoms with E-state index in [4.69, 9.17) is 9.47 Å². The molecule has 1 aliphatic heterocycles. The molecule has 1 saturated heterocycles. The molecule has 0 amide bonds. The molecule has 2 atom stereocenters. The molecule has 0 N–H and O–H groups in total. The summed E-state index contributed by atoms with van der Waals surface area (Å²) in [5.74, 6) is 1.03. The minimum atomic E-state index is 0.131. The Hall–Kier alpha value is -1.39. The van der Waals surface area contributed by atoms with Gasteiger partial charge in [0.15, 0.2) is 5.78 Å². The fraction of sp³-hybridized carbons (Fsp3) is 0.632. The Labute approximate surface area is 139 Å². The zero-order chi connectivity index (χ0) is 17.1. The van der Waals surface area contributed by atoms with Gasteiger partial charge >= 0.3 is 0 Å². The summed E-state index contributed by atoms with van der Waals surface area (Å²) < 4.78 is 11.5. The van der Waals surface area contributed by atoms with Gasteiger partial charge in [0, 0.05) is 18.7 Å². The lowest BCUT2D eigenvalue weighted by Crippen LogP contribution is -2.47. The van der Waals surface area contributed by atoms with Crippen LogP contribution >= 0.6 is 0 Å². The van der Waals surface area contributed by atoms with Crippen LogP contribution in [0.25, 0.3) is 0 Å². The maximum atomic E-state index is 12.7. The first-order chi connectivity index (χ1) is 10.8. The van der Waals surface area contributed by atoms with Crippen molar-refractivity contribution in [1.29, 1.82) is 0 Å². The van der Waals surface area contributed by atoms with E-state index in [0.29, 0.717) is 6.54 Å². The summed E-state index contributed by atoms with van der Waals surface area (Å²) in [6, 6.07) is 3.94. The number of carbonyl (C=O) groups is 1. The fourth-order valence-electron chi connectivity index (χ4n) is 3.17. The van der Waals surface area contributed by atoms with Crippen molar-refractivity contribution in [2.24, 2.45) is 0 Å². The zero-order valence-electron chi connectivity index (χ0n) is 15.2. The Bertz CT molecular complexity index is 558. The van der Waals surface area contributed by atoms with Crippen LogP contribution < -0.4 is 4.74 Å². The molecule has 4 nitrogen and oxygen atoms in total. The lowest BCUT2D eigenvalue weighted by atomic mass is 10.0. The van der Waals surface area contributed by atoms with Gasteiger partial charge in [0.25, 0.3) is 0 Å². The Kier molecular flexibility index (Phi) is 5.82. The van der Waals surface area contributed by atoms with E-state index < -0.39 is 0 Å². The van der Waals surface area contributed by atoms with Gasteiger partial charge in [0.2, 0.25) is 0 Å². The highest BCUT2D eigenvalue weighted by atomic mass is 16.5. The van der Waals surface area contributed by atoms with Crippen LogP contribution in [0.4, 0.5) is 0 Å². The third-order valence-electron chi connectivity index (χ3n) is 4.05. The van der Waals surface area contributed by atoms with Gasteiger partial charge in [0.05, 0.1) is 24.9 Å². The van der Waals surface area contributed by atoms with Gasteiger partial charge in [-0.1, -0.05) is 0 Å². The van der Waals surface area contributed by atoms with Crippen LogP contribution in [0.5, 0.6) is 5.75 Å². The molecule has 1 aliphatic rings. The summed E-state index contributed by atoms with van der Waals surface area (Å²) in [6.07, 6.45) is 0.485. The van der Waals surface area contributed by atoms with Crippen molar-refractivity contribution in [3.63, 3.8) is 0 Å². The molecule has 23 heavy (non-hydrogen) atoms. The highest BCUT2D eigenvalue weighted by Gasteiger charge is 2.24. The summed E-state index contributed by atoms with van der Waals surface area (Å²) in [7, 11) is 0. The van der Waals surface area contributed by atoms with Crippen LogP contribution in [0.3, 0.4) is 0 Å². The van der Waals surface area contributed by atoms with E-state index in [0.717, 1.165) is 35.5 Å². The topological polar surface area (TPSA) is 38.8 Å². The molecular formula is C19H29NO3. The zero-order valence-corrected chi connectivity index (χ0v) is 15.2. The summed E-state index contributed by atoms with van der Waals surface area (Å²) >= 11 is 0. The SMILES string of the molecule is Cc1cc(C(=O)CN2CC(C)OC(C)C2)c(C)cc1OC(C)C. The molecule has 0 aromatic heterocycles. The normalized spacial score (nSPS) is 22.4. The second-order valence-corrected chi connectivity index (χ2v) is 6.97. The van der Waals surface area contributed by atoms with Crippen molar-refractivity contribution < 1.29 is 14.3 Å². The van der Waals surface area contributed by atoms with Crippen molar-refractivity contribution in [3.05, 3.63) is 28.8 Å². The predicted octanol–water partition coefficient (Wildman–Crippen LogP) is 3.38. The minimum absolute atomic E-state index is 0.131. The van der Waals surface area contributed by atoms with E-state index in [1.165, 1.54) is 0 Å². The van der Waals surface area contributed by atoms with E-state index in [1.807, 2.05) is 39.8 Å². The van der Waals surface area contributed by atoms with Crippen LogP contribution in [-0.2, 0) is 4.74 Å². The first kappa shape index (κ1) is 18.0. The Balaban J connectivity index is 2.11. The number of benzene rings is 1. The molecule has 128 valence electrons. The number of carbonyl (C=O) groups excluding carboxylic acids is 1. The number of nitrogens with zero attached hydrogens (tertiary/aromatic N) is 1. The number of hydrogen-bond donors (Lipinski definition) is 0. The molecular weight excluding hydrogens is 290 g/mol. The Morgan fingerprint density at radius 1 is 1.22 bits per heavy atom. The monoisotopic (exact) mass is 319 g/mol. The molecule has 0 saturated carbocycles. The van der Waals surface area contributed by atoms with Crippen LogP contribution in [-0.4, -0.2) is 48.6 Å². The minimum Gasteiger partial charge on any atom is -0.491 e. The average Bonchev–Trinajstić information content (AvgIpc) is 2.40. The maximum absolute atomic E-state index is 12.7. The molecule has 4 heteroatoms. The molecule has 1 heterocycles. The van der Waals surface area contributed by atoms with Crippen LogP contribution in [0, 0.1) is 13.8 Å². The number of ketones is 1. The number of rotatable bonds is 5. The van der Waals surface area contributed by atoms with Gasteiger partial charge in [0.1, 0.15) is 5.75 Å². The van der Waals surface area contributed by atoms with Gasteiger partial charge in [-0.3, -0.25) is 9.69 Å². The first-order valence-corrected chi connectivity index (χ1v) is 8.45. The second-order valence-electron chi connectivity index (χ2n) is 6.97. The summed E-state index contributed by atoms with van der Waals surface area (Å²) in [6.45, 7) is 14.2. The largest absolute Gasteiger partial charge is 0.491 e.